The maximum Gasteiger partial charge on any atom is 0.115 e. The van der Waals surface area contributed by atoms with E-state index in [0.29, 0.717) is 11.2 Å². The van der Waals surface area contributed by atoms with Crippen LogP contribution in [0.15, 0.2) is 24.3 Å². The largest absolute Gasteiger partial charge is 0.508 e. The van der Waals surface area contributed by atoms with Crippen LogP contribution in [-0.4, -0.2) is 11.7 Å². The van der Waals surface area contributed by atoms with Crippen molar-refractivity contribution in [1.29, 1.82) is 0 Å². The zero-order chi connectivity index (χ0) is 11.4. The molecule has 2 rings (SSSR count). The molecule has 16 heavy (non-hydrogen) atoms. The van der Waals surface area contributed by atoms with E-state index in [1.54, 1.807) is 12.1 Å². The molecule has 0 amide bonds. The monoisotopic (exact) mass is 219 g/mol. The fraction of sp³-hybridized carbons (Fsp3) is 0.571. The number of hydrogen-bond donors (Lipinski definition) is 2. The molecule has 88 valence electrons. The van der Waals surface area contributed by atoms with Gasteiger partial charge in [0.15, 0.2) is 0 Å². The van der Waals surface area contributed by atoms with Crippen molar-refractivity contribution in [3.63, 3.8) is 0 Å². The molecule has 0 aromatic heterocycles. The Kier molecular flexibility index (Phi) is 3.49. The second-order valence-corrected chi connectivity index (χ2v) is 4.98. The first kappa shape index (κ1) is 11.5. The normalized spacial score (nSPS) is 18.1. The van der Waals surface area contributed by atoms with Crippen LogP contribution in [0, 0.1) is 5.41 Å². The molecule has 0 bridgehead atoms. The lowest BCUT2D eigenvalue weighted by Crippen LogP contribution is -2.39. The van der Waals surface area contributed by atoms with E-state index in [0.717, 1.165) is 13.1 Å². The molecule has 0 unspecified atom stereocenters. The van der Waals surface area contributed by atoms with Crippen molar-refractivity contribution >= 4 is 0 Å². The lowest BCUT2D eigenvalue weighted by Gasteiger charge is -2.41. The Hall–Kier alpha value is -1.02. The molecule has 2 N–H and O–H groups in total. The summed E-state index contributed by atoms with van der Waals surface area (Å²) in [5.74, 6) is 0.341. The van der Waals surface area contributed by atoms with Gasteiger partial charge in [0.05, 0.1) is 0 Å². The first-order valence-electron chi connectivity index (χ1n) is 6.23. The Morgan fingerprint density at radius 3 is 2.44 bits per heavy atom. The molecule has 1 aliphatic rings. The van der Waals surface area contributed by atoms with E-state index >= 15 is 0 Å². The van der Waals surface area contributed by atoms with Crippen molar-refractivity contribution in [2.45, 2.75) is 39.2 Å². The van der Waals surface area contributed by atoms with E-state index in [2.05, 4.69) is 12.2 Å². The Bertz CT molecular complexity index is 322. The predicted octanol–water partition coefficient (Wildman–Crippen LogP) is 3.06. The summed E-state index contributed by atoms with van der Waals surface area (Å²) in [4.78, 5) is 0. The van der Waals surface area contributed by atoms with Crippen molar-refractivity contribution in [2.75, 3.05) is 6.54 Å². The maximum absolute atomic E-state index is 9.18. The number of benzene rings is 1. The minimum absolute atomic E-state index is 0.341. The van der Waals surface area contributed by atoms with Gasteiger partial charge in [-0.05, 0) is 42.4 Å². The van der Waals surface area contributed by atoms with Crippen molar-refractivity contribution in [3.8, 4) is 5.75 Å². The summed E-state index contributed by atoms with van der Waals surface area (Å²) in [5.41, 5.74) is 1.82. The molecule has 0 saturated heterocycles. The van der Waals surface area contributed by atoms with Gasteiger partial charge in [-0.3, -0.25) is 0 Å². The summed E-state index contributed by atoms with van der Waals surface area (Å²) < 4.78 is 0. The smallest absolute Gasteiger partial charge is 0.115 e. The number of phenols is 1. The third-order valence-corrected chi connectivity index (χ3v) is 3.93. The minimum Gasteiger partial charge on any atom is -0.508 e. The van der Waals surface area contributed by atoms with Crippen LogP contribution in [0.1, 0.15) is 38.2 Å². The minimum atomic E-state index is 0.341. The van der Waals surface area contributed by atoms with Crippen LogP contribution in [0.3, 0.4) is 0 Å². The van der Waals surface area contributed by atoms with E-state index in [4.69, 9.17) is 0 Å². The van der Waals surface area contributed by atoms with E-state index in [9.17, 15) is 5.11 Å². The summed E-state index contributed by atoms with van der Waals surface area (Å²) in [5, 5.41) is 12.7. The summed E-state index contributed by atoms with van der Waals surface area (Å²) in [7, 11) is 0. The first-order valence-corrected chi connectivity index (χ1v) is 6.23. The van der Waals surface area contributed by atoms with Crippen LogP contribution in [0.4, 0.5) is 0 Å². The van der Waals surface area contributed by atoms with Gasteiger partial charge in [-0.2, -0.15) is 0 Å². The van der Waals surface area contributed by atoms with Gasteiger partial charge < -0.3 is 10.4 Å². The standard InChI is InChI=1S/C14H21NO/c1-2-14(8-3-9-14)11-15-10-12-4-6-13(16)7-5-12/h4-7,15-16H,2-3,8-11H2,1H3. The molecular formula is C14H21NO. The zero-order valence-electron chi connectivity index (χ0n) is 10.00. The molecule has 2 nitrogen and oxygen atoms in total. The lowest BCUT2D eigenvalue weighted by atomic mass is 9.67. The summed E-state index contributed by atoms with van der Waals surface area (Å²) in [6, 6.07) is 7.44. The molecule has 0 atom stereocenters. The van der Waals surface area contributed by atoms with Gasteiger partial charge in [-0.1, -0.05) is 25.5 Å². The van der Waals surface area contributed by atoms with Gasteiger partial charge in [-0.25, -0.2) is 0 Å². The Labute approximate surface area is 97.7 Å². The second kappa shape index (κ2) is 4.88. The van der Waals surface area contributed by atoms with E-state index in [-0.39, 0.29) is 0 Å². The number of nitrogens with one attached hydrogen (secondary N) is 1. The van der Waals surface area contributed by atoms with Gasteiger partial charge in [0.25, 0.3) is 0 Å². The van der Waals surface area contributed by atoms with Crippen molar-refractivity contribution < 1.29 is 5.11 Å². The molecule has 1 saturated carbocycles. The molecule has 1 fully saturated rings. The Morgan fingerprint density at radius 1 is 1.25 bits per heavy atom. The number of hydrogen-bond acceptors (Lipinski definition) is 2. The summed E-state index contributed by atoms with van der Waals surface area (Å²) in [6.45, 7) is 4.33. The molecule has 1 aromatic rings. The van der Waals surface area contributed by atoms with Crippen LogP contribution in [0.5, 0.6) is 5.75 Å². The molecule has 0 heterocycles. The van der Waals surface area contributed by atoms with Gasteiger partial charge in [-0.15, -0.1) is 0 Å². The average Bonchev–Trinajstić information content (AvgIpc) is 2.25. The van der Waals surface area contributed by atoms with Crippen molar-refractivity contribution in [1.82, 2.24) is 5.32 Å². The zero-order valence-corrected chi connectivity index (χ0v) is 10.00. The van der Waals surface area contributed by atoms with Crippen molar-refractivity contribution in [3.05, 3.63) is 29.8 Å². The van der Waals surface area contributed by atoms with E-state index in [1.165, 1.54) is 31.2 Å². The predicted molar refractivity (Wildman–Crippen MR) is 66.4 cm³/mol. The number of rotatable bonds is 5. The average molecular weight is 219 g/mol. The van der Waals surface area contributed by atoms with Crippen LogP contribution in [0.25, 0.3) is 0 Å². The quantitative estimate of drug-likeness (QED) is 0.797. The molecule has 0 aliphatic heterocycles. The molecule has 0 radical (unpaired) electrons. The van der Waals surface area contributed by atoms with E-state index < -0.39 is 0 Å². The van der Waals surface area contributed by atoms with Gasteiger partial charge in [0.1, 0.15) is 5.75 Å². The summed E-state index contributed by atoms with van der Waals surface area (Å²) in [6.07, 6.45) is 5.45. The second-order valence-electron chi connectivity index (χ2n) is 4.98. The third kappa shape index (κ3) is 2.56. The van der Waals surface area contributed by atoms with Crippen LogP contribution >= 0.6 is 0 Å². The highest BCUT2D eigenvalue weighted by atomic mass is 16.3. The van der Waals surface area contributed by atoms with Crippen LogP contribution < -0.4 is 5.32 Å². The highest BCUT2D eigenvalue weighted by molar-refractivity contribution is 5.25. The topological polar surface area (TPSA) is 32.3 Å². The molecule has 1 aromatic carbocycles. The molecule has 2 heteroatoms. The third-order valence-electron chi connectivity index (χ3n) is 3.93. The van der Waals surface area contributed by atoms with E-state index in [1.807, 2.05) is 12.1 Å². The fourth-order valence-electron chi connectivity index (χ4n) is 2.42. The van der Waals surface area contributed by atoms with Crippen LogP contribution in [0.2, 0.25) is 0 Å². The van der Waals surface area contributed by atoms with Gasteiger partial charge >= 0.3 is 0 Å². The van der Waals surface area contributed by atoms with Gasteiger partial charge in [0, 0.05) is 13.1 Å². The van der Waals surface area contributed by atoms with Crippen LogP contribution in [-0.2, 0) is 6.54 Å². The maximum atomic E-state index is 9.18. The number of aromatic hydroxyl groups is 1. The Morgan fingerprint density at radius 2 is 1.94 bits per heavy atom. The highest BCUT2D eigenvalue weighted by Crippen LogP contribution is 2.43. The fourth-order valence-corrected chi connectivity index (χ4v) is 2.42. The molecule has 0 spiro atoms. The highest BCUT2D eigenvalue weighted by Gasteiger charge is 2.34. The molecule has 1 aliphatic carbocycles. The first-order chi connectivity index (χ1) is 7.74. The SMILES string of the molecule is CCC1(CNCc2ccc(O)cc2)CCC1. The summed E-state index contributed by atoms with van der Waals surface area (Å²) >= 11 is 0. The van der Waals surface area contributed by atoms with Gasteiger partial charge in [0.2, 0.25) is 0 Å². The lowest BCUT2D eigenvalue weighted by molar-refractivity contribution is 0.124. The van der Waals surface area contributed by atoms with Crippen molar-refractivity contribution in [2.24, 2.45) is 5.41 Å². The molecular weight excluding hydrogens is 198 g/mol. The number of phenolic OH excluding ortho intramolecular Hbond substituents is 1. The Balaban J connectivity index is 1.77.